The van der Waals surface area contributed by atoms with Crippen molar-refractivity contribution in [2.75, 3.05) is 20.8 Å². The Bertz CT molecular complexity index is 1280. The molecule has 4 aliphatic rings. The van der Waals surface area contributed by atoms with Crippen LogP contribution in [0.5, 0.6) is 17.2 Å². The number of hydrogen-bond acceptors (Lipinski definition) is 7. The number of allylic oxidation sites excluding steroid dienone is 6. The summed E-state index contributed by atoms with van der Waals surface area (Å²) in [6.07, 6.45) is 4.49. The Morgan fingerprint density at radius 1 is 1.06 bits per heavy atom. The van der Waals surface area contributed by atoms with Gasteiger partial charge in [0.25, 0.3) is 0 Å². The zero-order valence-corrected chi connectivity index (χ0v) is 21.8. The molecule has 1 N–H and O–H groups in total. The van der Waals surface area contributed by atoms with Crippen LogP contribution in [0.4, 0.5) is 0 Å². The minimum atomic E-state index is -0.653. The molecule has 9 heteroatoms. The van der Waals surface area contributed by atoms with Crippen LogP contribution in [-0.2, 0) is 19.2 Å². The largest absolute Gasteiger partial charge is 0.502 e. The maximum atomic E-state index is 13.5. The Hall–Kier alpha value is -3.20. The van der Waals surface area contributed by atoms with Crippen molar-refractivity contribution >= 4 is 39.3 Å². The van der Waals surface area contributed by atoms with E-state index in [0.29, 0.717) is 36.1 Å². The molecule has 0 saturated carbocycles. The number of aromatic hydroxyl groups is 1. The molecule has 1 aliphatic heterocycles. The first-order valence-corrected chi connectivity index (χ1v) is 12.7. The second kappa shape index (κ2) is 9.03. The molecule has 0 spiro atoms. The fourth-order valence-corrected chi connectivity index (χ4v) is 6.62. The predicted molar refractivity (Wildman–Crippen MR) is 133 cm³/mol. The van der Waals surface area contributed by atoms with Crippen LogP contribution in [0.15, 0.2) is 45.5 Å². The van der Waals surface area contributed by atoms with E-state index in [1.807, 2.05) is 13.0 Å². The summed E-state index contributed by atoms with van der Waals surface area (Å²) in [5, 5.41) is 10.5. The van der Waals surface area contributed by atoms with E-state index in [-0.39, 0.29) is 51.5 Å². The van der Waals surface area contributed by atoms with Crippen molar-refractivity contribution in [2.45, 2.75) is 32.1 Å². The number of likely N-dealkylation sites (tertiary alicyclic amines) is 1. The third-order valence-corrected chi connectivity index (χ3v) is 8.29. The molecule has 1 fully saturated rings. The first-order valence-electron chi connectivity index (χ1n) is 11.9. The second-order valence-electron chi connectivity index (χ2n) is 9.50. The van der Waals surface area contributed by atoms with Crippen molar-refractivity contribution < 1.29 is 33.8 Å². The Kier molecular flexibility index (Phi) is 6.14. The lowest BCUT2D eigenvalue weighted by Gasteiger charge is -2.42. The summed E-state index contributed by atoms with van der Waals surface area (Å²) in [5.74, 6) is -2.95. The van der Waals surface area contributed by atoms with Crippen LogP contribution in [0.2, 0.25) is 0 Å². The number of halogens is 1. The van der Waals surface area contributed by atoms with E-state index in [9.17, 15) is 24.3 Å². The van der Waals surface area contributed by atoms with Crippen LogP contribution in [-0.4, -0.2) is 54.2 Å². The molecule has 0 bridgehead atoms. The van der Waals surface area contributed by atoms with Gasteiger partial charge in [-0.1, -0.05) is 18.6 Å². The number of rotatable bonds is 5. The molecule has 8 nitrogen and oxygen atoms in total. The maximum absolute atomic E-state index is 13.5. The average molecular weight is 556 g/mol. The topological polar surface area (TPSA) is 110 Å². The molecule has 1 aromatic rings. The van der Waals surface area contributed by atoms with Gasteiger partial charge in [0.1, 0.15) is 0 Å². The Morgan fingerprint density at radius 2 is 1.72 bits per heavy atom. The lowest BCUT2D eigenvalue weighted by Crippen LogP contribution is -2.39. The quantitative estimate of drug-likeness (QED) is 0.336. The van der Waals surface area contributed by atoms with Gasteiger partial charge in [-0.15, -0.1) is 0 Å². The molecule has 1 heterocycles. The number of benzene rings is 1. The summed E-state index contributed by atoms with van der Waals surface area (Å²) >= 11 is 3.22. The molecule has 4 atom stereocenters. The minimum absolute atomic E-state index is 0.162. The van der Waals surface area contributed by atoms with Crippen LogP contribution in [0.25, 0.3) is 0 Å². The van der Waals surface area contributed by atoms with E-state index in [0.717, 1.165) is 5.57 Å². The summed E-state index contributed by atoms with van der Waals surface area (Å²) in [4.78, 5) is 54.5. The van der Waals surface area contributed by atoms with Gasteiger partial charge in [-0.2, -0.15) is 0 Å². The monoisotopic (exact) mass is 555 g/mol. The number of imide groups is 1. The van der Waals surface area contributed by atoms with E-state index in [4.69, 9.17) is 9.47 Å². The third kappa shape index (κ3) is 3.47. The van der Waals surface area contributed by atoms with E-state index < -0.39 is 23.7 Å². The first kappa shape index (κ1) is 24.5. The third-order valence-electron chi connectivity index (χ3n) is 7.71. The summed E-state index contributed by atoms with van der Waals surface area (Å²) < 4.78 is 10.9. The zero-order chi connectivity index (χ0) is 25.9. The van der Waals surface area contributed by atoms with E-state index in [1.165, 1.54) is 25.2 Å². The molecule has 1 aromatic carbocycles. The van der Waals surface area contributed by atoms with E-state index in [1.54, 1.807) is 12.1 Å². The van der Waals surface area contributed by atoms with Gasteiger partial charge in [0.05, 0.1) is 30.5 Å². The summed E-state index contributed by atoms with van der Waals surface area (Å²) in [6, 6.07) is 3.25. The molecule has 1 saturated heterocycles. The number of methoxy groups -OCH3 is 2. The smallest absolute Gasteiger partial charge is 0.233 e. The van der Waals surface area contributed by atoms with Gasteiger partial charge in [0.2, 0.25) is 17.6 Å². The van der Waals surface area contributed by atoms with Crippen molar-refractivity contribution in [3.8, 4) is 17.2 Å². The number of phenols is 1. The highest BCUT2D eigenvalue weighted by Crippen LogP contribution is 2.56. The van der Waals surface area contributed by atoms with Crippen LogP contribution < -0.4 is 9.47 Å². The summed E-state index contributed by atoms with van der Waals surface area (Å²) in [5.41, 5.74) is 2.12. The minimum Gasteiger partial charge on any atom is -0.502 e. The van der Waals surface area contributed by atoms with Crippen LogP contribution in [0, 0.1) is 17.8 Å². The first-order chi connectivity index (χ1) is 17.2. The van der Waals surface area contributed by atoms with Crippen molar-refractivity contribution in [3.63, 3.8) is 0 Å². The van der Waals surface area contributed by atoms with Crippen LogP contribution in [0.1, 0.15) is 37.7 Å². The lowest BCUT2D eigenvalue weighted by atomic mass is 9.59. The number of hydrogen-bond donors (Lipinski definition) is 1. The number of phenolic OH excluding ortho intramolecular Hbond substituents is 1. The maximum Gasteiger partial charge on any atom is 0.233 e. The molecular formula is C27H26BrNO7. The highest BCUT2D eigenvalue weighted by molar-refractivity contribution is 9.12. The fraction of sp³-hybridized carbons (Fsp3) is 0.407. The van der Waals surface area contributed by atoms with E-state index >= 15 is 0 Å². The molecule has 36 heavy (non-hydrogen) atoms. The van der Waals surface area contributed by atoms with Crippen molar-refractivity contribution in [3.05, 3.63) is 51.0 Å². The van der Waals surface area contributed by atoms with Gasteiger partial charge in [-0.3, -0.25) is 24.1 Å². The standard InChI is InChI=1S/C27H26BrNO7/c1-4-7-29-26(33)14-6-5-13-15(22(14)27(29)34)10-16-23(18(30)11-17(28)24(16)31)21(13)12-8-19(35-2)25(32)20(9-12)36-3/h5,8-9,11,14-15,21-22,32H,4,6-7,10H2,1-3H3. The number of fused-ring (bicyclic) bond motifs is 3. The van der Waals surface area contributed by atoms with Crippen molar-refractivity contribution in [2.24, 2.45) is 17.8 Å². The van der Waals surface area contributed by atoms with Gasteiger partial charge >= 0.3 is 0 Å². The molecule has 0 aromatic heterocycles. The Labute approximate surface area is 216 Å². The van der Waals surface area contributed by atoms with Crippen LogP contribution in [0.3, 0.4) is 0 Å². The number of amides is 2. The number of nitrogens with zero attached hydrogens (tertiary/aromatic N) is 1. The number of carbonyl (C=O) groups excluding carboxylic acids is 4. The molecule has 2 amide bonds. The number of ether oxygens (including phenoxy) is 2. The molecule has 188 valence electrons. The van der Waals surface area contributed by atoms with Gasteiger partial charge in [-0.25, -0.2) is 0 Å². The number of ketones is 2. The highest BCUT2D eigenvalue weighted by Gasteiger charge is 2.56. The molecule has 5 rings (SSSR count). The Morgan fingerprint density at radius 3 is 2.33 bits per heavy atom. The molecular weight excluding hydrogens is 530 g/mol. The van der Waals surface area contributed by atoms with Gasteiger partial charge < -0.3 is 14.6 Å². The van der Waals surface area contributed by atoms with Gasteiger partial charge in [0.15, 0.2) is 23.1 Å². The number of carbonyl (C=O) groups is 4. The lowest BCUT2D eigenvalue weighted by molar-refractivity contribution is -0.140. The summed E-state index contributed by atoms with van der Waals surface area (Å²) in [7, 11) is 2.83. The predicted octanol–water partition coefficient (Wildman–Crippen LogP) is 3.58. The van der Waals surface area contributed by atoms with Crippen molar-refractivity contribution in [1.82, 2.24) is 4.90 Å². The summed E-state index contributed by atoms with van der Waals surface area (Å²) in [6.45, 7) is 2.28. The SMILES string of the molecule is CCCN1C(=O)C2CC=C3C(c4cc(OC)c(O)c(OC)c4)C4=C(CC3C2C1=O)C(=O)C(Br)=CC4=O. The number of Topliss-reactive ketones (excluding diaryl/α,β-unsaturated/α-hetero) is 1. The Balaban J connectivity index is 1.71. The fourth-order valence-electron chi connectivity index (χ4n) is 6.18. The van der Waals surface area contributed by atoms with Crippen LogP contribution >= 0.6 is 15.9 Å². The molecule has 0 radical (unpaired) electrons. The zero-order valence-electron chi connectivity index (χ0n) is 20.2. The highest BCUT2D eigenvalue weighted by atomic mass is 79.9. The average Bonchev–Trinajstić information content (AvgIpc) is 3.11. The van der Waals surface area contributed by atoms with Crippen molar-refractivity contribution in [1.29, 1.82) is 0 Å². The molecule has 3 aliphatic carbocycles. The van der Waals surface area contributed by atoms with E-state index in [2.05, 4.69) is 15.9 Å². The second-order valence-corrected chi connectivity index (χ2v) is 10.4. The van der Waals surface area contributed by atoms with Gasteiger partial charge in [-0.05, 0) is 58.8 Å². The van der Waals surface area contributed by atoms with Gasteiger partial charge in [0, 0.05) is 29.7 Å². The molecule has 4 unspecified atom stereocenters. The normalized spacial score (nSPS) is 27.4.